The van der Waals surface area contributed by atoms with E-state index in [1.165, 1.54) is 0 Å². The summed E-state index contributed by atoms with van der Waals surface area (Å²) in [6, 6.07) is 1.68. The number of benzene rings is 1. The SMILES string of the molecule is CCCC1Oc2c(Cl)cc(Cl)c(Cl)c2C1NC. The minimum absolute atomic E-state index is 0.0497. The highest BCUT2D eigenvalue weighted by molar-refractivity contribution is 6.44. The molecule has 1 aromatic carbocycles. The zero-order valence-corrected chi connectivity index (χ0v) is 12.0. The zero-order chi connectivity index (χ0) is 12.6. The van der Waals surface area contributed by atoms with Crippen molar-refractivity contribution in [1.82, 2.24) is 5.32 Å². The highest BCUT2D eigenvalue weighted by Gasteiger charge is 2.37. The molecule has 5 heteroatoms. The van der Waals surface area contributed by atoms with Crippen molar-refractivity contribution in [2.75, 3.05) is 7.05 Å². The Labute approximate surface area is 116 Å². The molecule has 0 radical (unpaired) electrons. The van der Waals surface area contributed by atoms with Crippen molar-refractivity contribution in [1.29, 1.82) is 0 Å². The fraction of sp³-hybridized carbons (Fsp3) is 0.500. The molecule has 2 atom stereocenters. The monoisotopic (exact) mass is 293 g/mol. The van der Waals surface area contributed by atoms with Crippen LogP contribution in [0.1, 0.15) is 31.4 Å². The molecule has 1 aliphatic heterocycles. The molecule has 1 aromatic rings. The van der Waals surface area contributed by atoms with Gasteiger partial charge in [-0.05, 0) is 19.5 Å². The van der Waals surface area contributed by atoms with Crippen molar-refractivity contribution in [2.24, 2.45) is 0 Å². The average molecular weight is 295 g/mol. The third kappa shape index (κ3) is 2.24. The van der Waals surface area contributed by atoms with Gasteiger partial charge in [0.05, 0.1) is 21.1 Å². The molecule has 2 nitrogen and oxygen atoms in total. The minimum atomic E-state index is 0.0497. The molecule has 0 fully saturated rings. The summed E-state index contributed by atoms with van der Waals surface area (Å²) in [5.41, 5.74) is 0.880. The molecule has 0 aromatic heterocycles. The van der Waals surface area contributed by atoms with Gasteiger partial charge in [-0.2, -0.15) is 0 Å². The van der Waals surface area contributed by atoms with Crippen molar-refractivity contribution in [3.8, 4) is 5.75 Å². The fourth-order valence-electron chi connectivity index (χ4n) is 2.24. The lowest BCUT2D eigenvalue weighted by atomic mass is 10.0. The third-order valence-electron chi connectivity index (χ3n) is 3.00. The van der Waals surface area contributed by atoms with E-state index >= 15 is 0 Å². The molecular weight excluding hydrogens is 280 g/mol. The molecule has 1 heterocycles. The summed E-state index contributed by atoms with van der Waals surface area (Å²) in [4.78, 5) is 0. The van der Waals surface area contributed by atoms with Crippen LogP contribution in [-0.4, -0.2) is 13.2 Å². The molecule has 2 unspecified atom stereocenters. The Balaban J connectivity index is 2.49. The minimum Gasteiger partial charge on any atom is -0.486 e. The Hall–Kier alpha value is -0.150. The smallest absolute Gasteiger partial charge is 0.144 e. The average Bonchev–Trinajstić information content (AvgIpc) is 2.66. The van der Waals surface area contributed by atoms with Gasteiger partial charge in [0.1, 0.15) is 11.9 Å². The number of halogens is 3. The van der Waals surface area contributed by atoms with E-state index in [-0.39, 0.29) is 12.1 Å². The second-order valence-corrected chi connectivity index (χ2v) is 5.30. The lowest BCUT2D eigenvalue weighted by Gasteiger charge is -2.17. The number of hydrogen-bond donors (Lipinski definition) is 1. The van der Waals surface area contributed by atoms with E-state index in [4.69, 9.17) is 39.5 Å². The molecular formula is C12H14Cl3NO. The molecule has 0 spiro atoms. The first-order chi connectivity index (χ1) is 8.10. The van der Waals surface area contributed by atoms with Crippen molar-refractivity contribution >= 4 is 34.8 Å². The summed E-state index contributed by atoms with van der Waals surface area (Å²) >= 11 is 18.4. The normalized spacial score (nSPS) is 22.4. The van der Waals surface area contributed by atoms with E-state index in [0.717, 1.165) is 18.4 Å². The number of likely N-dealkylation sites (N-methyl/N-ethyl adjacent to an activating group) is 1. The van der Waals surface area contributed by atoms with E-state index in [1.54, 1.807) is 6.07 Å². The van der Waals surface area contributed by atoms with Gasteiger partial charge in [0, 0.05) is 5.56 Å². The van der Waals surface area contributed by atoms with Crippen molar-refractivity contribution in [2.45, 2.75) is 31.9 Å². The van der Waals surface area contributed by atoms with Crippen LogP contribution < -0.4 is 10.1 Å². The standard InChI is InChI=1S/C12H14Cl3NO/c1-3-4-8-11(16-2)9-10(15)6(13)5-7(14)12(9)17-8/h5,8,11,16H,3-4H2,1-2H3. The molecule has 0 saturated heterocycles. The molecule has 0 saturated carbocycles. The van der Waals surface area contributed by atoms with Gasteiger partial charge in [0.15, 0.2) is 0 Å². The molecule has 0 amide bonds. The fourth-order valence-corrected chi connectivity index (χ4v) is 3.02. The van der Waals surface area contributed by atoms with E-state index in [2.05, 4.69) is 12.2 Å². The first kappa shape index (κ1) is 13.3. The van der Waals surface area contributed by atoms with Crippen molar-refractivity contribution < 1.29 is 4.74 Å². The van der Waals surface area contributed by atoms with E-state index in [1.807, 2.05) is 7.05 Å². The summed E-state index contributed by atoms with van der Waals surface area (Å²) in [5, 5.41) is 4.75. The van der Waals surface area contributed by atoms with Crippen LogP contribution in [0.3, 0.4) is 0 Å². The van der Waals surface area contributed by atoms with Crippen LogP contribution in [0, 0.1) is 0 Å². The highest BCUT2D eigenvalue weighted by atomic mass is 35.5. The van der Waals surface area contributed by atoms with E-state index in [9.17, 15) is 0 Å². The maximum Gasteiger partial charge on any atom is 0.144 e. The van der Waals surface area contributed by atoms with Gasteiger partial charge >= 0.3 is 0 Å². The Bertz CT molecular complexity index is 436. The first-order valence-electron chi connectivity index (χ1n) is 5.61. The largest absolute Gasteiger partial charge is 0.486 e. The topological polar surface area (TPSA) is 21.3 Å². The lowest BCUT2D eigenvalue weighted by molar-refractivity contribution is 0.182. The summed E-state index contributed by atoms with van der Waals surface area (Å²) in [5.74, 6) is 0.666. The van der Waals surface area contributed by atoms with Gasteiger partial charge in [-0.3, -0.25) is 0 Å². The van der Waals surface area contributed by atoms with Gasteiger partial charge < -0.3 is 10.1 Å². The van der Waals surface area contributed by atoms with Crippen LogP contribution in [0.15, 0.2) is 6.07 Å². The van der Waals surface area contributed by atoms with Crippen LogP contribution in [0.4, 0.5) is 0 Å². The second kappa shape index (κ2) is 5.23. The van der Waals surface area contributed by atoms with Crippen LogP contribution in [-0.2, 0) is 0 Å². The third-order valence-corrected chi connectivity index (χ3v) is 4.08. The summed E-state index contributed by atoms with van der Waals surface area (Å²) in [7, 11) is 1.89. The molecule has 1 aliphatic rings. The summed E-state index contributed by atoms with van der Waals surface area (Å²) in [6.07, 6.45) is 2.05. The van der Waals surface area contributed by atoms with Crippen LogP contribution in [0.2, 0.25) is 15.1 Å². The van der Waals surface area contributed by atoms with Crippen LogP contribution in [0.25, 0.3) is 0 Å². The molecule has 0 aliphatic carbocycles. The van der Waals surface area contributed by atoms with Gasteiger partial charge in [0.25, 0.3) is 0 Å². The van der Waals surface area contributed by atoms with Crippen molar-refractivity contribution in [3.05, 3.63) is 26.7 Å². The Morgan fingerprint density at radius 3 is 2.59 bits per heavy atom. The summed E-state index contributed by atoms with van der Waals surface area (Å²) < 4.78 is 5.88. The lowest BCUT2D eigenvalue weighted by Crippen LogP contribution is -2.28. The second-order valence-electron chi connectivity index (χ2n) is 4.11. The Kier molecular flexibility index (Phi) is 4.09. The molecule has 94 valence electrons. The quantitative estimate of drug-likeness (QED) is 0.831. The molecule has 1 N–H and O–H groups in total. The van der Waals surface area contributed by atoms with E-state index in [0.29, 0.717) is 20.8 Å². The maximum atomic E-state index is 6.24. The van der Waals surface area contributed by atoms with Gasteiger partial charge in [-0.1, -0.05) is 48.1 Å². The Morgan fingerprint density at radius 1 is 1.29 bits per heavy atom. The highest BCUT2D eigenvalue weighted by Crippen LogP contribution is 2.49. The van der Waals surface area contributed by atoms with Gasteiger partial charge in [-0.15, -0.1) is 0 Å². The predicted octanol–water partition coefficient (Wildman–Crippen LogP) is 4.47. The maximum absolute atomic E-state index is 6.24. The van der Waals surface area contributed by atoms with Crippen molar-refractivity contribution in [3.63, 3.8) is 0 Å². The van der Waals surface area contributed by atoms with Crippen LogP contribution in [0.5, 0.6) is 5.75 Å². The zero-order valence-electron chi connectivity index (χ0n) is 9.69. The predicted molar refractivity (Wildman–Crippen MR) is 72.6 cm³/mol. The number of rotatable bonds is 3. The van der Waals surface area contributed by atoms with E-state index < -0.39 is 0 Å². The Morgan fingerprint density at radius 2 is 2.00 bits per heavy atom. The number of fused-ring (bicyclic) bond motifs is 1. The number of hydrogen-bond acceptors (Lipinski definition) is 2. The molecule has 0 bridgehead atoms. The number of nitrogens with one attached hydrogen (secondary N) is 1. The van der Waals surface area contributed by atoms with Gasteiger partial charge in [-0.25, -0.2) is 0 Å². The first-order valence-corrected chi connectivity index (χ1v) is 6.74. The van der Waals surface area contributed by atoms with Crippen LogP contribution >= 0.6 is 34.8 Å². The summed E-state index contributed by atoms with van der Waals surface area (Å²) in [6.45, 7) is 2.12. The molecule has 2 rings (SSSR count). The van der Waals surface area contributed by atoms with Gasteiger partial charge in [0.2, 0.25) is 0 Å². The number of ether oxygens (including phenoxy) is 1. The molecule has 17 heavy (non-hydrogen) atoms.